The van der Waals surface area contributed by atoms with Crippen molar-refractivity contribution in [1.82, 2.24) is 9.78 Å². The van der Waals surface area contributed by atoms with Crippen LogP contribution in [0.25, 0.3) is 5.69 Å². The summed E-state index contributed by atoms with van der Waals surface area (Å²) in [4.78, 5) is 25.8. The molecule has 0 saturated heterocycles. The fourth-order valence-electron chi connectivity index (χ4n) is 3.73. The Morgan fingerprint density at radius 3 is 2.50 bits per heavy atom. The maximum absolute atomic E-state index is 13.4. The number of halogens is 1. The molecule has 1 atom stereocenters. The molecule has 0 saturated carbocycles. The Hall–Kier alpha value is -3.68. The van der Waals surface area contributed by atoms with Crippen molar-refractivity contribution in [2.24, 2.45) is 0 Å². The van der Waals surface area contributed by atoms with E-state index in [1.54, 1.807) is 37.3 Å². The van der Waals surface area contributed by atoms with Crippen LogP contribution in [0.1, 0.15) is 34.0 Å². The number of methoxy groups -OCH3 is 2. The zero-order chi connectivity index (χ0) is 21.4. The highest BCUT2D eigenvalue weighted by Gasteiger charge is 2.36. The monoisotopic (exact) mass is 409 g/mol. The number of aromatic nitrogens is 2. The summed E-state index contributed by atoms with van der Waals surface area (Å²) in [6.07, 6.45) is 0.0100. The summed E-state index contributed by atoms with van der Waals surface area (Å²) < 4.78 is 25.4. The van der Waals surface area contributed by atoms with Crippen LogP contribution >= 0.6 is 0 Å². The van der Waals surface area contributed by atoms with E-state index in [1.165, 1.54) is 31.0 Å². The van der Waals surface area contributed by atoms with E-state index in [9.17, 15) is 14.0 Å². The van der Waals surface area contributed by atoms with Gasteiger partial charge in [-0.05, 0) is 49.4 Å². The first kappa shape index (κ1) is 19.6. The highest BCUT2D eigenvalue weighted by molar-refractivity contribution is 6.08. The van der Waals surface area contributed by atoms with E-state index in [-0.39, 0.29) is 23.9 Å². The molecular weight excluding hydrogens is 389 g/mol. The van der Waals surface area contributed by atoms with E-state index < -0.39 is 5.92 Å². The molecule has 1 aromatic heterocycles. The van der Waals surface area contributed by atoms with Gasteiger partial charge in [-0.2, -0.15) is 5.10 Å². The van der Waals surface area contributed by atoms with Gasteiger partial charge >= 0.3 is 0 Å². The van der Waals surface area contributed by atoms with Crippen LogP contribution in [0.15, 0.2) is 42.5 Å². The van der Waals surface area contributed by atoms with Crippen molar-refractivity contribution >= 4 is 17.5 Å². The molecule has 0 fully saturated rings. The van der Waals surface area contributed by atoms with Crippen molar-refractivity contribution < 1.29 is 23.5 Å². The molecule has 1 aliphatic rings. The molecule has 0 radical (unpaired) electrons. The Kier molecular flexibility index (Phi) is 4.99. The molecule has 1 unspecified atom stereocenters. The second-order valence-corrected chi connectivity index (χ2v) is 6.97. The first-order chi connectivity index (χ1) is 14.4. The number of anilines is 1. The summed E-state index contributed by atoms with van der Waals surface area (Å²) in [5.74, 6) is -0.199. The van der Waals surface area contributed by atoms with Crippen LogP contribution in [0.5, 0.6) is 11.5 Å². The van der Waals surface area contributed by atoms with Gasteiger partial charge in [-0.15, -0.1) is 0 Å². The molecular formula is C22H20FN3O4. The second kappa shape index (κ2) is 7.62. The van der Waals surface area contributed by atoms with Crippen molar-refractivity contribution in [2.45, 2.75) is 19.3 Å². The summed E-state index contributed by atoms with van der Waals surface area (Å²) >= 11 is 0. The van der Waals surface area contributed by atoms with Gasteiger partial charge in [-0.25, -0.2) is 9.07 Å². The second-order valence-electron chi connectivity index (χ2n) is 6.97. The number of carbonyl (C=O) groups excluding carboxylic acids is 2. The summed E-state index contributed by atoms with van der Waals surface area (Å²) in [7, 11) is 3.01. The van der Waals surface area contributed by atoms with Gasteiger partial charge in [-0.1, -0.05) is 0 Å². The average molecular weight is 409 g/mol. The molecule has 1 amide bonds. The van der Waals surface area contributed by atoms with Gasteiger partial charge < -0.3 is 14.8 Å². The number of Topliss-reactive ketones (excluding diaryl/α,β-unsaturated/α-hetero) is 1. The lowest BCUT2D eigenvalue weighted by molar-refractivity contribution is -0.116. The third-order valence-corrected chi connectivity index (χ3v) is 5.16. The zero-order valence-electron chi connectivity index (χ0n) is 16.7. The van der Waals surface area contributed by atoms with E-state index in [0.717, 1.165) is 0 Å². The van der Waals surface area contributed by atoms with Crippen molar-refractivity contribution in [3.8, 4) is 17.2 Å². The molecule has 4 rings (SSSR count). The predicted molar refractivity (Wildman–Crippen MR) is 108 cm³/mol. The fraction of sp³-hybridized carbons (Fsp3) is 0.227. The molecule has 0 aliphatic carbocycles. The standard InChI is InChI=1S/C22H20FN3O4/c1-12-20-16(21(28)13-4-9-17(29-2)18(10-13)30-3)11-19(27)24-22(20)26(25-12)15-7-5-14(23)6-8-15/h4-10,16H,11H2,1-3H3,(H,24,27). The Balaban J connectivity index is 1.78. The molecule has 2 aromatic carbocycles. The molecule has 2 heterocycles. The summed E-state index contributed by atoms with van der Waals surface area (Å²) in [5, 5.41) is 7.31. The maximum atomic E-state index is 13.4. The first-order valence-electron chi connectivity index (χ1n) is 9.34. The molecule has 7 nitrogen and oxygen atoms in total. The van der Waals surface area contributed by atoms with Gasteiger partial charge in [-0.3, -0.25) is 9.59 Å². The number of rotatable bonds is 5. The number of ether oxygens (including phenoxy) is 2. The predicted octanol–water partition coefficient (Wildman–Crippen LogP) is 3.65. The molecule has 1 N–H and O–H groups in total. The molecule has 3 aromatic rings. The molecule has 8 heteroatoms. The van der Waals surface area contributed by atoms with E-state index in [2.05, 4.69) is 10.4 Å². The number of carbonyl (C=O) groups is 2. The van der Waals surface area contributed by atoms with Gasteiger partial charge in [0.25, 0.3) is 0 Å². The molecule has 0 spiro atoms. The molecule has 30 heavy (non-hydrogen) atoms. The summed E-state index contributed by atoms with van der Waals surface area (Å²) in [5.41, 5.74) is 2.26. The molecule has 1 aliphatic heterocycles. The van der Waals surface area contributed by atoms with Crippen LogP contribution in [0, 0.1) is 12.7 Å². The summed E-state index contributed by atoms with van der Waals surface area (Å²) in [6, 6.07) is 10.7. The summed E-state index contributed by atoms with van der Waals surface area (Å²) in [6.45, 7) is 1.78. The Bertz CT molecular complexity index is 1140. The number of fused-ring (bicyclic) bond motifs is 1. The number of nitrogens with one attached hydrogen (secondary N) is 1. The third kappa shape index (κ3) is 3.30. The van der Waals surface area contributed by atoms with Crippen LogP contribution in [-0.4, -0.2) is 35.7 Å². The highest BCUT2D eigenvalue weighted by Crippen LogP contribution is 2.39. The van der Waals surface area contributed by atoms with Crippen molar-refractivity contribution in [3.05, 3.63) is 65.1 Å². The highest BCUT2D eigenvalue weighted by atomic mass is 19.1. The molecule has 0 bridgehead atoms. The molecule has 154 valence electrons. The third-order valence-electron chi connectivity index (χ3n) is 5.16. The first-order valence-corrected chi connectivity index (χ1v) is 9.34. The average Bonchev–Trinajstić information content (AvgIpc) is 3.08. The Morgan fingerprint density at radius 2 is 1.83 bits per heavy atom. The van der Waals surface area contributed by atoms with Crippen molar-refractivity contribution in [2.75, 3.05) is 19.5 Å². The van der Waals surface area contributed by atoms with Crippen molar-refractivity contribution in [3.63, 3.8) is 0 Å². The largest absolute Gasteiger partial charge is 0.493 e. The zero-order valence-corrected chi connectivity index (χ0v) is 16.7. The Morgan fingerprint density at radius 1 is 1.13 bits per heavy atom. The van der Waals surface area contributed by atoms with E-state index >= 15 is 0 Å². The minimum atomic E-state index is -0.693. The lowest BCUT2D eigenvalue weighted by Crippen LogP contribution is -2.28. The number of amides is 1. The van der Waals surface area contributed by atoms with Crippen LogP contribution in [-0.2, 0) is 4.79 Å². The van der Waals surface area contributed by atoms with Gasteiger partial charge in [0.15, 0.2) is 17.3 Å². The van der Waals surface area contributed by atoms with Crippen molar-refractivity contribution in [1.29, 1.82) is 0 Å². The number of aryl methyl sites for hydroxylation is 1. The Labute approximate surface area is 172 Å². The van der Waals surface area contributed by atoms with Gasteiger partial charge in [0.2, 0.25) is 5.91 Å². The number of ketones is 1. The smallest absolute Gasteiger partial charge is 0.226 e. The van der Waals surface area contributed by atoms with Crippen LogP contribution in [0.3, 0.4) is 0 Å². The number of hydrogen-bond donors (Lipinski definition) is 1. The van der Waals surface area contributed by atoms with Gasteiger partial charge in [0, 0.05) is 17.5 Å². The van der Waals surface area contributed by atoms with Crippen LogP contribution < -0.4 is 14.8 Å². The topological polar surface area (TPSA) is 82.5 Å². The van der Waals surface area contributed by atoms with Crippen LogP contribution in [0.4, 0.5) is 10.2 Å². The lowest BCUT2D eigenvalue weighted by atomic mass is 9.85. The normalized spacial score (nSPS) is 15.3. The van der Waals surface area contributed by atoms with Gasteiger partial charge in [0.1, 0.15) is 11.6 Å². The van der Waals surface area contributed by atoms with Crippen LogP contribution in [0.2, 0.25) is 0 Å². The van der Waals surface area contributed by atoms with E-state index in [1.807, 2.05) is 0 Å². The van der Waals surface area contributed by atoms with E-state index in [0.29, 0.717) is 39.8 Å². The fourth-order valence-corrected chi connectivity index (χ4v) is 3.73. The number of nitrogens with zero attached hydrogens (tertiary/aromatic N) is 2. The maximum Gasteiger partial charge on any atom is 0.226 e. The number of benzene rings is 2. The SMILES string of the molecule is COc1ccc(C(=O)C2CC(=O)Nc3c2c(C)nn3-c2ccc(F)cc2)cc1OC. The number of hydrogen-bond acceptors (Lipinski definition) is 5. The quantitative estimate of drug-likeness (QED) is 0.651. The van der Waals surface area contributed by atoms with Gasteiger partial charge in [0.05, 0.1) is 31.5 Å². The minimum absolute atomic E-state index is 0.0100. The lowest BCUT2D eigenvalue weighted by Gasteiger charge is -2.23. The minimum Gasteiger partial charge on any atom is -0.493 e. The van der Waals surface area contributed by atoms with E-state index in [4.69, 9.17) is 9.47 Å².